The smallest absolute Gasteiger partial charge is 0.295 e. The number of piperazine rings is 1. The van der Waals surface area contributed by atoms with Crippen molar-refractivity contribution in [3.05, 3.63) is 69.9 Å². The van der Waals surface area contributed by atoms with Gasteiger partial charge in [0.15, 0.2) is 5.52 Å². The number of aryl methyl sites for hydroxylation is 1. The first-order valence-electron chi connectivity index (χ1n) is 9.43. The van der Waals surface area contributed by atoms with E-state index in [1.807, 2.05) is 4.90 Å². The molecule has 11 heteroatoms. The molecule has 1 aromatic heterocycles. The van der Waals surface area contributed by atoms with Crippen LogP contribution < -0.4 is 4.90 Å². The van der Waals surface area contributed by atoms with E-state index in [4.69, 9.17) is 0 Å². The third kappa shape index (κ3) is 3.81. The lowest BCUT2D eigenvalue weighted by Crippen LogP contribution is -2.49. The molecule has 1 aliphatic rings. The van der Waals surface area contributed by atoms with Crippen LogP contribution in [0.1, 0.15) is 5.69 Å². The van der Waals surface area contributed by atoms with E-state index >= 15 is 0 Å². The first-order valence-corrected chi connectivity index (χ1v) is 10.9. The number of nitro benzene ring substituents is 1. The van der Waals surface area contributed by atoms with Crippen molar-refractivity contribution in [3.8, 4) is 0 Å². The molecule has 1 fully saturated rings. The van der Waals surface area contributed by atoms with Crippen molar-refractivity contribution in [2.75, 3.05) is 31.1 Å². The fourth-order valence-corrected chi connectivity index (χ4v) is 5.23. The second-order valence-corrected chi connectivity index (χ2v) is 9.09. The molecule has 0 saturated carbocycles. The van der Waals surface area contributed by atoms with Gasteiger partial charge in [0, 0.05) is 49.0 Å². The van der Waals surface area contributed by atoms with Crippen LogP contribution in [0, 0.1) is 28.7 Å². The predicted molar refractivity (Wildman–Crippen MR) is 110 cm³/mol. The monoisotopic (exact) mass is 448 g/mol. The largest absolute Gasteiger partial charge is 0.368 e. The minimum Gasteiger partial charge on any atom is -0.368 e. The van der Waals surface area contributed by atoms with E-state index < -0.39 is 31.5 Å². The van der Waals surface area contributed by atoms with Gasteiger partial charge in [0.05, 0.1) is 4.92 Å². The molecular weight excluding hydrogens is 430 g/mol. The highest BCUT2D eigenvalue weighted by Gasteiger charge is 2.32. The van der Waals surface area contributed by atoms with Gasteiger partial charge in [-0.2, -0.15) is 4.31 Å². The molecule has 2 aromatic carbocycles. The van der Waals surface area contributed by atoms with Crippen LogP contribution in [-0.2, 0) is 10.0 Å². The van der Waals surface area contributed by atoms with E-state index in [-0.39, 0.29) is 37.4 Å². The quantitative estimate of drug-likeness (QED) is 0.449. The number of nitrogens with zero attached hydrogens (tertiary/aromatic N) is 4. The molecule has 1 saturated heterocycles. The lowest BCUT2D eigenvalue weighted by atomic mass is 10.1. The Morgan fingerprint density at radius 1 is 1.06 bits per heavy atom. The second-order valence-electron chi connectivity index (χ2n) is 7.18. The SMILES string of the molecule is Cc1cc(N2CCN(S(=O)(=O)c3cc(F)ccc3F)CC2)c2cccc([N+](=O)[O-])c2n1. The van der Waals surface area contributed by atoms with Crippen molar-refractivity contribution >= 4 is 32.3 Å². The van der Waals surface area contributed by atoms with Gasteiger partial charge >= 0.3 is 0 Å². The molecule has 0 unspecified atom stereocenters. The number of benzene rings is 2. The van der Waals surface area contributed by atoms with Crippen molar-refractivity contribution < 1.29 is 22.1 Å². The summed E-state index contributed by atoms with van der Waals surface area (Å²) in [4.78, 5) is 16.4. The van der Waals surface area contributed by atoms with Gasteiger partial charge in [-0.15, -0.1) is 0 Å². The summed E-state index contributed by atoms with van der Waals surface area (Å²) in [5.41, 5.74) is 1.46. The van der Waals surface area contributed by atoms with Gasteiger partial charge in [-0.3, -0.25) is 10.1 Å². The lowest BCUT2D eigenvalue weighted by molar-refractivity contribution is -0.383. The summed E-state index contributed by atoms with van der Waals surface area (Å²) >= 11 is 0. The maximum Gasteiger partial charge on any atom is 0.295 e. The number of aromatic nitrogens is 1. The highest BCUT2D eigenvalue weighted by molar-refractivity contribution is 7.89. The Bertz CT molecular complexity index is 1290. The Morgan fingerprint density at radius 3 is 2.45 bits per heavy atom. The molecule has 1 aliphatic heterocycles. The molecule has 0 aliphatic carbocycles. The molecular formula is C20H18F2N4O4S. The van der Waals surface area contributed by atoms with Crippen molar-refractivity contribution in [3.63, 3.8) is 0 Å². The number of hydrogen-bond acceptors (Lipinski definition) is 6. The Hall–Kier alpha value is -3.18. The van der Waals surface area contributed by atoms with Crippen LogP contribution in [0.4, 0.5) is 20.2 Å². The summed E-state index contributed by atoms with van der Waals surface area (Å²) in [6.45, 7) is 2.38. The minimum absolute atomic E-state index is 0.0517. The first kappa shape index (κ1) is 21.1. The van der Waals surface area contributed by atoms with E-state index in [1.165, 1.54) is 6.07 Å². The fourth-order valence-electron chi connectivity index (χ4n) is 3.73. The number of sulfonamides is 1. The first-order chi connectivity index (χ1) is 14.7. The number of para-hydroxylation sites is 1. The number of non-ortho nitro benzene ring substituents is 1. The number of nitro groups is 1. The highest BCUT2D eigenvalue weighted by Crippen LogP contribution is 2.33. The molecule has 4 rings (SSSR count). The summed E-state index contributed by atoms with van der Waals surface area (Å²) in [6.07, 6.45) is 0. The van der Waals surface area contributed by atoms with Gasteiger partial charge in [-0.1, -0.05) is 12.1 Å². The number of pyridine rings is 1. The Balaban J connectivity index is 1.64. The Kier molecular flexibility index (Phi) is 5.31. The average Bonchev–Trinajstić information content (AvgIpc) is 2.74. The van der Waals surface area contributed by atoms with Crippen LogP contribution in [-0.4, -0.2) is 48.8 Å². The van der Waals surface area contributed by atoms with Gasteiger partial charge < -0.3 is 4.90 Å². The zero-order valence-corrected chi connectivity index (χ0v) is 17.3. The van der Waals surface area contributed by atoms with E-state index in [2.05, 4.69) is 4.98 Å². The second kappa shape index (κ2) is 7.82. The molecule has 0 atom stereocenters. The van der Waals surface area contributed by atoms with Gasteiger partial charge in [0.25, 0.3) is 5.69 Å². The summed E-state index contributed by atoms with van der Waals surface area (Å²) in [7, 11) is -4.20. The minimum atomic E-state index is -4.20. The van der Waals surface area contributed by atoms with Crippen LogP contribution in [0.3, 0.4) is 0 Å². The summed E-state index contributed by atoms with van der Waals surface area (Å²) in [6, 6.07) is 8.82. The van der Waals surface area contributed by atoms with Crippen molar-refractivity contribution in [1.29, 1.82) is 0 Å². The molecule has 8 nitrogen and oxygen atoms in total. The molecule has 162 valence electrons. The number of rotatable bonds is 4. The van der Waals surface area contributed by atoms with E-state index in [0.717, 1.165) is 16.4 Å². The highest BCUT2D eigenvalue weighted by atomic mass is 32.2. The number of fused-ring (bicyclic) bond motifs is 1. The summed E-state index contributed by atoms with van der Waals surface area (Å²) in [5.74, 6) is -1.84. The topological polar surface area (TPSA) is 96.7 Å². The zero-order chi connectivity index (χ0) is 22.3. The van der Waals surface area contributed by atoms with Crippen LogP contribution >= 0.6 is 0 Å². The van der Waals surface area contributed by atoms with Crippen molar-refractivity contribution in [2.24, 2.45) is 0 Å². The number of anilines is 1. The van der Waals surface area contributed by atoms with Crippen LogP contribution in [0.5, 0.6) is 0 Å². The van der Waals surface area contributed by atoms with Crippen molar-refractivity contribution in [1.82, 2.24) is 9.29 Å². The van der Waals surface area contributed by atoms with Crippen molar-refractivity contribution in [2.45, 2.75) is 11.8 Å². The molecule has 2 heterocycles. The maximum absolute atomic E-state index is 14.0. The number of hydrogen-bond donors (Lipinski definition) is 0. The third-order valence-corrected chi connectivity index (χ3v) is 7.13. The maximum atomic E-state index is 14.0. The fraction of sp³-hybridized carbons (Fsp3) is 0.250. The average molecular weight is 448 g/mol. The molecule has 0 bridgehead atoms. The normalized spacial score (nSPS) is 15.4. The Labute approximate surface area is 176 Å². The zero-order valence-electron chi connectivity index (χ0n) is 16.5. The van der Waals surface area contributed by atoms with Gasteiger partial charge in [0.2, 0.25) is 10.0 Å². The van der Waals surface area contributed by atoms with Crippen LogP contribution in [0.25, 0.3) is 10.9 Å². The van der Waals surface area contributed by atoms with Gasteiger partial charge in [0.1, 0.15) is 16.5 Å². The van der Waals surface area contributed by atoms with Gasteiger partial charge in [-0.25, -0.2) is 22.2 Å². The molecule has 0 N–H and O–H groups in total. The van der Waals surface area contributed by atoms with E-state index in [1.54, 1.807) is 25.1 Å². The number of halogens is 2. The third-order valence-electron chi connectivity index (χ3n) is 5.21. The van der Waals surface area contributed by atoms with Crippen LogP contribution in [0.15, 0.2) is 47.4 Å². The van der Waals surface area contributed by atoms with Crippen LogP contribution in [0.2, 0.25) is 0 Å². The lowest BCUT2D eigenvalue weighted by Gasteiger charge is -2.36. The summed E-state index contributed by atoms with van der Waals surface area (Å²) < 4.78 is 54.3. The van der Waals surface area contributed by atoms with E-state index in [9.17, 15) is 27.3 Å². The molecule has 3 aromatic rings. The Morgan fingerprint density at radius 2 is 1.77 bits per heavy atom. The molecule has 0 radical (unpaired) electrons. The predicted octanol–water partition coefficient (Wildman–Crippen LogP) is 3.24. The van der Waals surface area contributed by atoms with Gasteiger partial charge in [-0.05, 0) is 31.2 Å². The molecule has 31 heavy (non-hydrogen) atoms. The molecule has 0 amide bonds. The standard InChI is InChI=1S/C20H18F2N4O4S/c1-13-11-18(15-3-2-4-17(26(27)28)20(15)23-13)24-7-9-25(10-8-24)31(29,30)19-12-14(21)5-6-16(19)22/h2-6,11-12H,7-10H2,1H3. The van der Waals surface area contributed by atoms with E-state index in [0.29, 0.717) is 22.8 Å². The summed E-state index contributed by atoms with van der Waals surface area (Å²) in [5, 5.41) is 12.0. The molecule has 0 spiro atoms.